The molecule has 0 aromatic heterocycles. The van der Waals surface area contributed by atoms with Gasteiger partial charge in [0.15, 0.2) is 0 Å². The van der Waals surface area contributed by atoms with Crippen molar-refractivity contribution < 1.29 is 0 Å². The number of hydrogen-bond donors (Lipinski definition) is 2. The maximum absolute atomic E-state index is 5.90. The minimum absolute atomic E-state index is 0.249. The van der Waals surface area contributed by atoms with Crippen LogP contribution in [0, 0.1) is 0 Å². The third kappa shape index (κ3) is 6.05. The highest BCUT2D eigenvalue weighted by Crippen LogP contribution is 2.10. The van der Waals surface area contributed by atoms with Crippen molar-refractivity contribution in [3.63, 3.8) is 0 Å². The molecule has 2 nitrogen and oxygen atoms in total. The highest BCUT2D eigenvalue weighted by molar-refractivity contribution is 4.60. The molecule has 0 bridgehead atoms. The van der Waals surface area contributed by atoms with Crippen LogP contribution in [0.25, 0.3) is 0 Å². The van der Waals surface area contributed by atoms with Gasteiger partial charge in [0.2, 0.25) is 0 Å². The van der Waals surface area contributed by atoms with Crippen molar-refractivity contribution in [2.75, 3.05) is 6.54 Å². The Bertz CT molecular complexity index is 103. The van der Waals surface area contributed by atoms with Gasteiger partial charge < -0.3 is 11.1 Å². The molecule has 1 aliphatic heterocycles. The second kappa shape index (κ2) is 7.34. The van der Waals surface area contributed by atoms with Gasteiger partial charge in [-0.2, -0.15) is 0 Å². The first-order valence-corrected chi connectivity index (χ1v) is 5.88. The van der Waals surface area contributed by atoms with E-state index in [1.807, 2.05) is 0 Å². The summed E-state index contributed by atoms with van der Waals surface area (Å²) in [5.41, 5.74) is 5.90. The van der Waals surface area contributed by atoms with E-state index in [9.17, 15) is 0 Å². The SMILES string of the molecule is NC1CCCCCCCCCCN1. The molecule has 0 aliphatic carbocycles. The molecule has 13 heavy (non-hydrogen) atoms. The van der Waals surface area contributed by atoms with E-state index < -0.39 is 0 Å². The topological polar surface area (TPSA) is 38.0 Å². The van der Waals surface area contributed by atoms with Crippen LogP contribution in [0.3, 0.4) is 0 Å². The smallest absolute Gasteiger partial charge is 0.0546 e. The van der Waals surface area contributed by atoms with Crippen LogP contribution in [-0.2, 0) is 0 Å². The molecule has 1 heterocycles. The zero-order valence-electron chi connectivity index (χ0n) is 8.73. The number of nitrogens with two attached hydrogens (primary N) is 1. The molecule has 1 unspecified atom stereocenters. The van der Waals surface area contributed by atoms with Crippen LogP contribution in [0.1, 0.15) is 57.8 Å². The van der Waals surface area contributed by atoms with Crippen molar-refractivity contribution in [2.24, 2.45) is 5.73 Å². The fourth-order valence-corrected chi connectivity index (χ4v) is 1.94. The van der Waals surface area contributed by atoms with Crippen molar-refractivity contribution in [1.29, 1.82) is 0 Å². The summed E-state index contributed by atoms with van der Waals surface area (Å²) < 4.78 is 0. The first-order chi connectivity index (χ1) is 6.39. The van der Waals surface area contributed by atoms with E-state index in [-0.39, 0.29) is 6.17 Å². The Kier molecular flexibility index (Phi) is 6.21. The number of nitrogens with one attached hydrogen (secondary N) is 1. The summed E-state index contributed by atoms with van der Waals surface area (Å²) in [6.07, 6.45) is 12.4. The summed E-state index contributed by atoms with van der Waals surface area (Å²) in [6, 6.07) is 0. The lowest BCUT2D eigenvalue weighted by Gasteiger charge is -2.14. The molecule has 0 aromatic carbocycles. The zero-order chi connectivity index (χ0) is 9.36. The molecule has 0 radical (unpaired) electrons. The van der Waals surface area contributed by atoms with Gasteiger partial charge >= 0.3 is 0 Å². The Balaban J connectivity index is 2.11. The monoisotopic (exact) mass is 184 g/mol. The molecule has 2 heteroatoms. The van der Waals surface area contributed by atoms with Gasteiger partial charge in [0.1, 0.15) is 0 Å². The summed E-state index contributed by atoms with van der Waals surface area (Å²) in [7, 11) is 0. The molecule has 1 atom stereocenters. The molecule has 0 amide bonds. The first-order valence-electron chi connectivity index (χ1n) is 5.88. The number of hydrogen-bond acceptors (Lipinski definition) is 2. The van der Waals surface area contributed by atoms with Crippen LogP contribution in [-0.4, -0.2) is 12.7 Å². The normalized spacial score (nSPS) is 28.8. The van der Waals surface area contributed by atoms with Crippen LogP contribution >= 0.6 is 0 Å². The largest absolute Gasteiger partial charge is 0.316 e. The van der Waals surface area contributed by atoms with Crippen molar-refractivity contribution in [2.45, 2.75) is 64.0 Å². The molecule has 0 spiro atoms. The van der Waals surface area contributed by atoms with Gasteiger partial charge in [-0.1, -0.05) is 44.9 Å². The predicted octanol–water partition coefficient (Wildman–Crippen LogP) is 2.39. The van der Waals surface area contributed by atoms with E-state index in [1.54, 1.807) is 0 Å². The van der Waals surface area contributed by atoms with Crippen LogP contribution in [0.2, 0.25) is 0 Å². The lowest BCUT2D eigenvalue weighted by Crippen LogP contribution is -2.37. The van der Waals surface area contributed by atoms with Gasteiger partial charge in [0, 0.05) is 0 Å². The van der Waals surface area contributed by atoms with Crippen LogP contribution in [0.15, 0.2) is 0 Å². The third-order valence-corrected chi connectivity index (χ3v) is 2.85. The van der Waals surface area contributed by atoms with Gasteiger partial charge in [0.05, 0.1) is 6.17 Å². The van der Waals surface area contributed by atoms with Crippen molar-refractivity contribution >= 4 is 0 Å². The Morgan fingerprint density at radius 2 is 1.31 bits per heavy atom. The number of rotatable bonds is 0. The Morgan fingerprint density at radius 3 is 2.00 bits per heavy atom. The summed E-state index contributed by atoms with van der Waals surface area (Å²) in [5, 5.41) is 3.38. The molecular weight excluding hydrogens is 160 g/mol. The fourth-order valence-electron chi connectivity index (χ4n) is 1.94. The second-order valence-corrected chi connectivity index (χ2v) is 4.18. The minimum Gasteiger partial charge on any atom is -0.316 e. The molecule has 1 fully saturated rings. The van der Waals surface area contributed by atoms with E-state index in [0.29, 0.717) is 0 Å². The molecule has 1 rings (SSSR count). The van der Waals surface area contributed by atoms with E-state index in [4.69, 9.17) is 5.73 Å². The standard InChI is InChI=1S/C11H24N2/c12-11-9-7-5-3-1-2-4-6-8-10-13-11/h11,13H,1-10,12H2. The molecule has 0 saturated carbocycles. The van der Waals surface area contributed by atoms with E-state index in [2.05, 4.69) is 5.32 Å². The van der Waals surface area contributed by atoms with Crippen LogP contribution in [0.4, 0.5) is 0 Å². The predicted molar refractivity (Wildman–Crippen MR) is 57.5 cm³/mol. The minimum atomic E-state index is 0.249. The van der Waals surface area contributed by atoms with Crippen LogP contribution < -0.4 is 11.1 Å². The van der Waals surface area contributed by atoms with E-state index in [1.165, 1.54) is 51.4 Å². The Hall–Kier alpha value is -0.0800. The maximum Gasteiger partial charge on any atom is 0.0546 e. The zero-order valence-corrected chi connectivity index (χ0v) is 8.73. The van der Waals surface area contributed by atoms with Gasteiger partial charge in [-0.15, -0.1) is 0 Å². The van der Waals surface area contributed by atoms with Gasteiger partial charge in [-0.05, 0) is 19.4 Å². The van der Waals surface area contributed by atoms with Crippen molar-refractivity contribution in [3.05, 3.63) is 0 Å². The van der Waals surface area contributed by atoms with Crippen molar-refractivity contribution in [3.8, 4) is 0 Å². The summed E-state index contributed by atoms with van der Waals surface area (Å²) in [6.45, 7) is 1.11. The molecule has 0 aromatic rings. The van der Waals surface area contributed by atoms with E-state index in [0.717, 1.165) is 13.0 Å². The molecule has 1 saturated heterocycles. The van der Waals surface area contributed by atoms with Crippen molar-refractivity contribution in [1.82, 2.24) is 5.32 Å². The lowest BCUT2D eigenvalue weighted by molar-refractivity contribution is 0.440. The van der Waals surface area contributed by atoms with Gasteiger partial charge in [-0.3, -0.25) is 0 Å². The fraction of sp³-hybridized carbons (Fsp3) is 1.00. The molecule has 3 N–H and O–H groups in total. The first kappa shape index (κ1) is 11.0. The quantitative estimate of drug-likeness (QED) is 0.606. The summed E-state index contributed by atoms with van der Waals surface area (Å²) >= 11 is 0. The molecule has 78 valence electrons. The Morgan fingerprint density at radius 1 is 0.769 bits per heavy atom. The average Bonchev–Trinajstić information content (AvgIpc) is 2.11. The third-order valence-electron chi connectivity index (χ3n) is 2.85. The maximum atomic E-state index is 5.90. The summed E-state index contributed by atoms with van der Waals surface area (Å²) in [5.74, 6) is 0. The van der Waals surface area contributed by atoms with E-state index >= 15 is 0 Å². The van der Waals surface area contributed by atoms with Gasteiger partial charge in [-0.25, -0.2) is 0 Å². The molecular formula is C11H24N2. The second-order valence-electron chi connectivity index (χ2n) is 4.18. The molecule has 1 aliphatic rings. The highest BCUT2D eigenvalue weighted by Gasteiger charge is 2.02. The van der Waals surface area contributed by atoms with Gasteiger partial charge in [0.25, 0.3) is 0 Å². The average molecular weight is 184 g/mol. The Labute approximate surface area is 82.3 Å². The lowest BCUT2D eigenvalue weighted by atomic mass is 10.1. The summed E-state index contributed by atoms with van der Waals surface area (Å²) in [4.78, 5) is 0. The highest BCUT2D eigenvalue weighted by atomic mass is 15.0. The van der Waals surface area contributed by atoms with Crippen LogP contribution in [0.5, 0.6) is 0 Å².